The van der Waals surface area contributed by atoms with E-state index in [9.17, 15) is 22.8 Å². The highest BCUT2D eigenvalue weighted by molar-refractivity contribution is 7.90. The Balaban J connectivity index is 2.04. The molecule has 0 spiro atoms. The van der Waals surface area contributed by atoms with Crippen LogP contribution in [0.3, 0.4) is 0 Å². The number of sulfone groups is 1. The molecule has 33 heavy (non-hydrogen) atoms. The highest BCUT2D eigenvalue weighted by atomic mass is 32.2. The molecule has 178 valence electrons. The number of rotatable bonds is 10. The smallest absolute Gasteiger partial charge is 0.272 e. The monoisotopic (exact) mass is 496 g/mol. The number of nitrogens with one attached hydrogen (secondary N) is 1. The summed E-state index contributed by atoms with van der Waals surface area (Å²) in [6.07, 6.45) is 1.03. The lowest BCUT2D eigenvalue weighted by atomic mass is 10.1. The van der Waals surface area contributed by atoms with Crippen molar-refractivity contribution < 1.29 is 37.0 Å². The van der Waals surface area contributed by atoms with Crippen LogP contribution in [0.4, 0.5) is 5.69 Å². The minimum Gasteiger partial charge on any atom is -0.493 e. The number of anilines is 1. The summed E-state index contributed by atoms with van der Waals surface area (Å²) in [6.45, 7) is 1.89. The maximum absolute atomic E-state index is 13.3. The molecule has 1 N–H and O–H groups in total. The summed E-state index contributed by atoms with van der Waals surface area (Å²) < 4.78 is 40.1. The van der Waals surface area contributed by atoms with Crippen molar-refractivity contribution in [3.8, 4) is 11.5 Å². The van der Waals surface area contributed by atoms with Gasteiger partial charge in [-0.25, -0.2) is 8.42 Å². The second-order valence-electron chi connectivity index (χ2n) is 7.27. The van der Waals surface area contributed by atoms with Gasteiger partial charge in [0.25, 0.3) is 11.8 Å². The van der Waals surface area contributed by atoms with Gasteiger partial charge in [-0.1, -0.05) is 6.07 Å². The van der Waals surface area contributed by atoms with Gasteiger partial charge < -0.3 is 19.5 Å². The minimum atomic E-state index is -3.60. The Morgan fingerprint density at radius 1 is 1.18 bits per heavy atom. The van der Waals surface area contributed by atoms with Crippen LogP contribution >= 0.6 is 11.3 Å². The van der Waals surface area contributed by atoms with Crippen molar-refractivity contribution in [1.82, 2.24) is 4.90 Å². The van der Waals surface area contributed by atoms with Gasteiger partial charge in [0.05, 0.1) is 36.8 Å². The van der Waals surface area contributed by atoms with Crippen molar-refractivity contribution >= 4 is 44.6 Å². The molecule has 3 amide bonds. The lowest BCUT2D eigenvalue weighted by Crippen LogP contribution is -2.38. The molecule has 1 aliphatic heterocycles. The number of hydrogen-bond donors (Lipinski definition) is 1. The fraction of sp³-hybridized carbons (Fsp3) is 0.381. The molecule has 0 aliphatic carbocycles. The average molecular weight is 497 g/mol. The Bertz CT molecular complexity index is 1190. The molecule has 0 radical (unpaired) electrons. The minimum absolute atomic E-state index is 0.0338. The summed E-state index contributed by atoms with van der Waals surface area (Å²) in [6, 6.07) is 3.64. The molecular formula is C21H24N2O8S2. The fourth-order valence-electron chi connectivity index (χ4n) is 3.52. The lowest BCUT2D eigenvalue weighted by Gasteiger charge is -2.27. The van der Waals surface area contributed by atoms with Gasteiger partial charge in [0.1, 0.15) is 21.3 Å². The van der Waals surface area contributed by atoms with Crippen LogP contribution in [-0.4, -0.2) is 70.5 Å². The molecule has 1 aromatic heterocycles. The third kappa shape index (κ3) is 5.18. The van der Waals surface area contributed by atoms with Gasteiger partial charge >= 0.3 is 0 Å². The Morgan fingerprint density at radius 3 is 2.52 bits per heavy atom. The summed E-state index contributed by atoms with van der Waals surface area (Å²) >= 11 is 1.00. The van der Waals surface area contributed by atoms with Crippen molar-refractivity contribution in [3.05, 3.63) is 39.6 Å². The highest BCUT2D eigenvalue weighted by Crippen LogP contribution is 2.41. The molecule has 0 unspecified atom stereocenters. The van der Waals surface area contributed by atoms with Gasteiger partial charge in [0, 0.05) is 18.7 Å². The second kappa shape index (κ2) is 9.89. The highest BCUT2D eigenvalue weighted by Gasteiger charge is 2.45. The summed E-state index contributed by atoms with van der Waals surface area (Å²) in [5.74, 6) is -1.50. The summed E-state index contributed by atoms with van der Waals surface area (Å²) in [5.41, 5.74) is 0.610. The van der Waals surface area contributed by atoms with E-state index >= 15 is 0 Å². The number of imide groups is 1. The van der Waals surface area contributed by atoms with Crippen molar-refractivity contribution in [2.45, 2.75) is 13.0 Å². The first kappa shape index (κ1) is 24.7. The van der Waals surface area contributed by atoms with Gasteiger partial charge in [-0.05, 0) is 24.6 Å². The predicted molar refractivity (Wildman–Crippen MR) is 122 cm³/mol. The normalized spacial score (nSPS) is 14.2. The van der Waals surface area contributed by atoms with Gasteiger partial charge in [-0.2, -0.15) is 0 Å². The number of carbonyl (C=O) groups is 3. The number of thiophene rings is 1. The third-order valence-corrected chi connectivity index (χ3v) is 6.72. The van der Waals surface area contributed by atoms with E-state index in [1.807, 2.05) is 0 Å². The van der Waals surface area contributed by atoms with E-state index in [0.29, 0.717) is 23.7 Å². The summed E-state index contributed by atoms with van der Waals surface area (Å²) in [5, 5.41) is 4.05. The number of ether oxygens (including phenoxy) is 3. The first-order valence-electron chi connectivity index (χ1n) is 9.87. The standard InChI is InChI=1S/C21H24N2O8S2/c1-5-31-16-8-12(6-7-15(16)30-3)14(11-33(4,27)28)23-20(25)18-13(22-17(24)9-29-2)10-32-19(18)21(23)26/h6-8,10,14H,5,9,11H2,1-4H3,(H,22,24)/t14-/m1/s1. The molecule has 12 heteroatoms. The Hall–Kier alpha value is -2.96. The number of carbonyl (C=O) groups excluding carboxylic acids is 3. The molecule has 0 bridgehead atoms. The van der Waals surface area contributed by atoms with Crippen molar-refractivity contribution in [1.29, 1.82) is 0 Å². The molecule has 10 nitrogen and oxygen atoms in total. The van der Waals surface area contributed by atoms with E-state index in [-0.39, 0.29) is 22.7 Å². The van der Waals surface area contributed by atoms with Crippen LogP contribution in [0.15, 0.2) is 23.6 Å². The number of hydrogen-bond acceptors (Lipinski definition) is 9. The molecule has 0 fully saturated rings. The van der Waals surface area contributed by atoms with Crippen LogP contribution in [0.1, 0.15) is 38.6 Å². The van der Waals surface area contributed by atoms with Gasteiger partial charge in [0.2, 0.25) is 5.91 Å². The van der Waals surface area contributed by atoms with E-state index in [4.69, 9.17) is 14.2 Å². The number of nitrogens with zero attached hydrogens (tertiary/aromatic N) is 1. The van der Waals surface area contributed by atoms with Crippen LogP contribution < -0.4 is 14.8 Å². The van der Waals surface area contributed by atoms with Gasteiger partial charge in [-0.15, -0.1) is 11.3 Å². The molecule has 1 aliphatic rings. The fourth-order valence-corrected chi connectivity index (χ4v) is 5.36. The molecule has 2 heterocycles. The van der Waals surface area contributed by atoms with Crippen LogP contribution in [0.5, 0.6) is 11.5 Å². The largest absolute Gasteiger partial charge is 0.493 e. The van der Waals surface area contributed by atoms with Crippen molar-refractivity contribution in [3.63, 3.8) is 0 Å². The topological polar surface area (TPSA) is 128 Å². The Labute approximate surface area is 195 Å². The van der Waals surface area contributed by atoms with Crippen LogP contribution in [0.25, 0.3) is 0 Å². The van der Waals surface area contributed by atoms with Gasteiger partial charge in [-0.3, -0.25) is 19.3 Å². The first-order valence-corrected chi connectivity index (χ1v) is 12.8. The molecular weight excluding hydrogens is 472 g/mol. The van der Waals surface area contributed by atoms with Crippen LogP contribution in [-0.2, 0) is 19.4 Å². The molecule has 3 rings (SSSR count). The first-order chi connectivity index (χ1) is 15.6. The molecule has 1 atom stereocenters. The molecule has 1 aromatic carbocycles. The van der Waals surface area contributed by atoms with E-state index in [1.54, 1.807) is 25.1 Å². The lowest BCUT2D eigenvalue weighted by molar-refractivity contribution is -0.119. The van der Waals surface area contributed by atoms with Crippen LogP contribution in [0, 0.1) is 0 Å². The number of benzene rings is 1. The maximum atomic E-state index is 13.3. The quantitative estimate of drug-likeness (QED) is 0.496. The zero-order chi connectivity index (χ0) is 24.3. The number of methoxy groups -OCH3 is 2. The van der Waals surface area contributed by atoms with Gasteiger partial charge in [0.15, 0.2) is 11.5 Å². The number of amides is 3. The van der Waals surface area contributed by atoms with Crippen LogP contribution in [0.2, 0.25) is 0 Å². The summed E-state index contributed by atoms with van der Waals surface area (Å²) in [7, 11) is -0.779. The Kier molecular flexibility index (Phi) is 7.40. The van der Waals surface area contributed by atoms with E-state index in [0.717, 1.165) is 22.5 Å². The molecule has 0 saturated heterocycles. The van der Waals surface area contributed by atoms with Crippen molar-refractivity contribution in [2.24, 2.45) is 0 Å². The second-order valence-corrected chi connectivity index (χ2v) is 10.3. The van der Waals surface area contributed by atoms with E-state index in [2.05, 4.69) is 5.32 Å². The zero-order valence-electron chi connectivity index (χ0n) is 18.5. The summed E-state index contributed by atoms with van der Waals surface area (Å²) in [4.78, 5) is 39.5. The number of fused-ring (bicyclic) bond motifs is 1. The SMILES string of the molecule is CCOc1cc([C@@H](CS(C)(=O)=O)N2C(=O)c3scc(NC(=O)COC)c3C2=O)ccc1OC. The average Bonchev–Trinajstić information content (AvgIpc) is 3.26. The zero-order valence-corrected chi connectivity index (χ0v) is 20.2. The van der Waals surface area contributed by atoms with Crippen molar-refractivity contribution in [2.75, 3.05) is 44.8 Å². The maximum Gasteiger partial charge on any atom is 0.272 e. The Morgan fingerprint density at radius 2 is 1.91 bits per heavy atom. The predicted octanol–water partition coefficient (Wildman–Crippen LogP) is 2.12. The van der Waals surface area contributed by atoms with E-state index < -0.39 is 39.4 Å². The molecule has 0 saturated carbocycles. The third-order valence-electron chi connectivity index (χ3n) is 4.83. The van der Waals surface area contributed by atoms with E-state index in [1.165, 1.54) is 19.6 Å². The molecule has 2 aromatic rings.